The number of unbranched alkanes of at least 4 members (excludes halogenated alkanes) is 2. The number of carboxylic acid groups (broad SMARTS) is 1. The Labute approximate surface area is 233 Å². The summed E-state index contributed by atoms with van der Waals surface area (Å²) in [5, 5.41) is 17.4. The average Bonchev–Trinajstić information content (AvgIpc) is 2.94. The fourth-order valence-corrected chi connectivity index (χ4v) is 4.69. The summed E-state index contributed by atoms with van der Waals surface area (Å²) < 4.78 is 8.33. The molecule has 2 aromatic rings. The van der Waals surface area contributed by atoms with Crippen molar-refractivity contribution in [2.75, 3.05) is 46.2 Å². The number of amides is 2. The lowest BCUT2D eigenvalue weighted by Crippen LogP contribution is -2.25. The summed E-state index contributed by atoms with van der Waals surface area (Å²) in [5.74, 6) is -0.820. The Kier molecular flexibility index (Phi) is 8.83. The van der Waals surface area contributed by atoms with E-state index < -0.39 is 5.97 Å². The standard InChI is InChI=1S/C31H34N4O5/c1-34(2)21-9-12-24-27(17-21)40-28-18-22(35(3)4)10-13-25(28)29(24)23-11-8-20(16-26(23)31(38)39)30(37)33-15-7-5-6-14-32-19-36/h8-13,16-19H,5-7,14-15H2,1-4H3,(H2-,32,33,36,37,38,39)/p+1. The second-order valence-corrected chi connectivity index (χ2v) is 10.1. The predicted octanol–water partition coefficient (Wildman–Crippen LogP) is 3.65. The van der Waals surface area contributed by atoms with Crippen molar-refractivity contribution in [3.05, 3.63) is 71.1 Å². The van der Waals surface area contributed by atoms with Gasteiger partial charge in [0, 0.05) is 67.1 Å². The summed E-state index contributed by atoms with van der Waals surface area (Å²) in [4.78, 5) is 37.7. The lowest BCUT2D eigenvalue weighted by molar-refractivity contribution is -0.109. The van der Waals surface area contributed by atoms with E-state index in [0.717, 1.165) is 46.8 Å². The molecule has 0 unspecified atom stereocenters. The Morgan fingerprint density at radius 2 is 1.70 bits per heavy atom. The fraction of sp³-hybridized carbons (Fsp3) is 0.290. The highest BCUT2D eigenvalue weighted by atomic mass is 16.4. The molecular weight excluding hydrogens is 508 g/mol. The number of aromatic carboxylic acids is 1. The number of benzene rings is 3. The van der Waals surface area contributed by atoms with Gasteiger partial charge in [0.1, 0.15) is 25.4 Å². The first-order valence-electron chi connectivity index (χ1n) is 13.2. The van der Waals surface area contributed by atoms with Gasteiger partial charge in [-0.2, -0.15) is 0 Å². The van der Waals surface area contributed by atoms with E-state index in [1.807, 2.05) is 74.1 Å². The highest BCUT2D eigenvalue weighted by Crippen LogP contribution is 2.42. The molecule has 0 fully saturated rings. The predicted molar refractivity (Wildman–Crippen MR) is 157 cm³/mol. The van der Waals surface area contributed by atoms with Gasteiger partial charge in [0.2, 0.25) is 11.8 Å². The van der Waals surface area contributed by atoms with Crippen molar-refractivity contribution in [3.63, 3.8) is 0 Å². The van der Waals surface area contributed by atoms with Crippen molar-refractivity contribution < 1.29 is 23.9 Å². The van der Waals surface area contributed by atoms with Crippen molar-refractivity contribution in [3.8, 4) is 22.5 Å². The smallest absolute Gasteiger partial charge is 0.336 e. The van der Waals surface area contributed by atoms with Crippen LogP contribution >= 0.6 is 0 Å². The molecule has 2 aromatic carbocycles. The zero-order chi connectivity index (χ0) is 28.8. The fourth-order valence-electron chi connectivity index (χ4n) is 4.69. The van der Waals surface area contributed by atoms with Crippen LogP contribution in [-0.2, 0) is 4.79 Å². The topological polar surface area (TPSA) is 115 Å². The van der Waals surface area contributed by atoms with Crippen LogP contribution in [0.15, 0.2) is 59.0 Å². The first-order chi connectivity index (χ1) is 19.2. The SMILES string of the molecule is CN(C)c1ccc2c(-c3ccc(C(=O)NCCCCCNC=O)cc3C(=O)O)c3ccc(=[N+](C)C)cc-3oc2c1. The molecule has 208 valence electrons. The van der Waals surface area contributed by atoms with Crippen molar-refractivity contribution in [2.24, 2.45) is 0 Å². The number of carbonyl (C=O) groups is 3. The highest BCUT2D eigenvalue weighted by Gasteiger charge is 2.23. The molecule has 2 aliphatic rings. The van der Waals surface area contributed by atoms with Gasteiger partial charge in [-0.05, 0) is 55.2 Å². The molecule has 40 heavy (non-hydrogen) atoms. The van der Waals surface area contributed by atoms with Crippen LogP contribution < -0.4 is 25.5 Å². The largest absolute Gasteiger partial charge is 0.478 e. The third-order valence-corrected chi connectivity index (χ3v) is 6.87. The number of anilines is 1. The van der Waals surface area contributed by atoms with Crippen LogP contribution in [0.3, 0.4) is 0 Å². The monoisotopic (exact) mass is 543 g/mol. The van der Waals surface area contributed by atoms with Gasteiger partial charge in [0.25, 0.3) is 5.91 Å². The molecule has 1 aliphatic carbocycles. The molecule has 4 rings (SSSR count). The molecule has 1 aliphatic heterocycles. The summed E-state index contributed by atoms with van der Waals surface area (Å²) in [6, 6.07) is 16.5. The van der Waals surface area contributed by atoms with Crippen molar-refractivity contribution >= 4 is 34.9 Å². The van der Waals surface area contributed by atoms with Crippen LogP contribution in [0.2, 0.25) is 0 Å². The van der Waals surface area contributed by atoms with E-state index in [-0.39, 0.29) is 17.0 Å². The summed E-state index contributed by atoms with van der Waals surface area (Å²) in [6.45, 7) is 1.06. The second-order valence-electron chi connectivity index (χ2n) is 10.1. The van der Waals surface area contributed by atoms with E-state index in [1.165, 1.54) is 6.07 Å². The molecular formula is C31H35N4O5+. The Balaban J connectivity index is 1.78. The maximum Gasteiger partial charge on any atom is 0.336 e. The van der Waals surface area contributed by atoms with Crippen LogP contribution in [0.5, 0.6) is 0 Å². The molecule has 9 heteroatoms. The van der Waals surface area contributed by atoms with Gasteiger partial charge in [0.05, 0.1) is 11.6 Å². The van der Waals surface area contributed by atoms with Gasteiger partial charge in [-0.1, -0.05) is 6.07 Å². The lowest BCUT2D eigenvalue weighted by atomic mass is 9.89. The summed E-state index contributed by atoms with van der Waals surface area (Å²) in [7, 11) is 7.80. The Morgan fingerprint density at radius 3 is 2.40 bits per heavy atom. The molecule has 2 amide bonds. The van der Waals surface area contributed by atoms with Crippen LogP contribution in [0.4, 0.5) is 5.69 Å². The van der Waals surface area contributed by atoms with E-state index in [2.05, 4.69) is 10.6 Å². The number of carboxylic acids is 1. The molecule has 1 heterocycles. The zero-order valence-corrected chi connectivity index (χ0v) is 23.3. The number of nitrogens with one attached hydrogen (secondary N) is 2. The lowest BCUT2D eigenvalue weighted by Gasteiger charge is -2.19. The molecule has 0 bridgehead atoms. The number of fused-ring (bicyclic) bond motifs is 2. The van der Waals surface area contributed by atoms with E-state index >= 15 is 0 Å². The Hall–Kier alpha value is -4.66. The van der Waals surface area contributed by atoms with Gasteiger partial charge < -0.3 is 25.1 Å². The molecule has 0 saturated heterocycles. The minimum Gasteiger partial charge on any atom is -0.478 e. The number of nitrogens with zero attached hydrogens (tertiary/aromatic N) is 2. The summed E-state index contributed by atoms with van der Waals surface area (Å²) in [6.07, 6.45) is 3.10. The highest BCUT2D eigenvalue weighted by molar-refractivity contribution is 6.09. The van der Waals surface area contributed by atoms with E-state index in [1.54, 1.807) is 12.1 Å². The zero-order valence-electron chi connectivity index (χ0n) is 23.3. The second kappa shape index (κ2) is 12.5. The molecule has 0 spiro atoms. The normalized spacial score (nSPS) is 10.9. The number of carbonyl (C=O) groups excluding carboxylic acids is 2. The van der Waals surface area contributed by atoms with Gasteiger partial charge in [0.15, 0.2) is 0 Å². The van der Waals surface area contributed by atoms with Crippen molar-refractivity contribution in [1.29, 1.82) is 0 Å². The number of hydrogen-bond acceptors (Lipinski definition) is 5. The van der Waals surface area contributed by atoms with Crippen LogP contribution in [0.1, 0.15) is 40.0 Å². The molecule has 0 radical (unpaired) electrons. The van der Waals surface area contributed by atoms with Crippen molar-refractivity contribution in [1.82, 2.24) is 15.2 Å². The Morgan fingerprint density at radius 1 is 0.950 bits per heavy atom. The average molecular weight is 544 g/mol. The summed E-state index contributed by atoms with van der Waals surface area (Å²) >= 11 is 0. The van der Waals surface area contributed by atoms with E-state index in [0.29, 0.717) is 36.4 Å². The summed E-state index contributed by atoms with van der Waals surface area (Å²) in [5.41, 5.74) is 3.92. The minimum atomic E-state index is -1.12. The van der Waals surface area contributed by atoms with Gasteiger partial charge in [-0.15, -0.1) is 0 Å². The number of hydrogen-bond donors (Lipinski definition) is 3. The van der Waals surface area contributed by atoms with Crippen LogP contribution in [-0.4, -0.2) is 64.7 Å². The van der Waals surface area contributed by atoms with Crippen LogP contribution in [0, 0.1) is 0 Å². The van der Waals surface area contributed by atoms with E-state index in [4.69, 9.17) is 4.42 Å². The van der Waals surface area contributed by atoms with Crippen molar-refractivity contribution in [2.45, 2.75) is 19.3 Å². The third-order valence-electron chi connectivity index (χ3n) is 6.87. The molecule has 0 saturated carbocycles. The molecule has 3 N–H and O–H groups in total. The third kappa shape index (κ3) is 6.14. The first kappa shape index (κ1) is 28.4. The Bertz CT molecular complexity index is 1600. The minimum absolute atomic E-state index is 0.0368. The van der Waals surface area contributed by atoms with Gasteiger partial charge in [-0.3, -0.25) is 9.59 Å². The molecule has 9 nitrogen and oxygen atoms in total. The molecule has 0 atom stereocenters. The van der Waals surface area contributed by atoms with E-state index in [9.17, 15) is 19.5 Å². The van der Waals surface area contributed by atoms with Gasteiger partial charge in [-0.25, -0.2) is 9.37 Å². The maximum absolute atomic E-state index is 12.8. The van der Waals surface area contributed by atoms with Crippen LogP contribution in [0.25, 0.3) is 33.4 Å². The van der Waals surface area contributed by atoms with Gasteiger partial charge >= 0.3 is 5.97 Å². The quantitative estimate of drug-likeness (QED) is 0.115. The number of rotatable bonds is 11. The first-order valence-corrected chi connectivity index (χ1v) is 13.2. The maximum atomic E-state index is 12.8. The molecule has 0 aromatic heterocycles.